The van der Waals surface area contributed by atoms with E-state index in [1.54, 1.807) is 0 Å². The second-order valence-electron chi connectivity index (χ2n) is 5.06. The van der Waals surface area contributed by atoms with Crippen molar-refractivity contribution in [2.45, 2.75) is 43.5 Å². The summed E-state index contributed by atoms with van der Waals surface area (Å²) in [5.74, 6) is -0.209. The Balaban J connectivity index is 2.21. The van der Waals surface area contributed by atoms with Crippen molar-refractivity contribution in [3.05, 3.63) is 24.0 Å². The first-order valence-corrected chi connectivity index (χ1v) is 7.98. The molecule has 0 aliphatic heterocycles. The summed E-state index contributed by atoms with van der Waals surface area (Å²) >= 11 is 0. The molecule has 0 aromatic heterocycles. The molecule has 1 saturated carbocycles. The molecular formula is C13H19FN2O2S. The van der Waals surface area contributed by atoms with E-state index in [4.69, 9.17) is 5.73 Å². The van der Waals surface area contributed by atoms with Crippen molar-refractivity contribution in [2.24, 2.45) is 5.92 Å². The average Bonchev–Trinajstić information content (AvgIpc) is 3.11. The van der Waals surface area contributed by atoms with Gasteiger partial charge in [-0.15, -0.1) is 0 Å². The van der Waals surface area contributed by atoms with Gasteiger partial charge in [-0.05, 0) is 30.9 Å². The molecule has 1 aliphatic rings. The normalized spacial score (nSPS) is 17.4. The van der Waals surface area contributed by atoms with Crippen molar-refractivity contribution in [3.63, 3.8) is 0 Å². The fourth-order valence-electron chi connectivity index (χ4n) is 2.14. The number of halogens is 1. The molecule has 6 heteroatoms. The number of hydrogen-bond acceptors (Lipinski definition) is 3. The van der Waals surface area contributed by atoms with Gasteiger partial charge in [-0.3, -0.25) is 0 Å². The maximum absolute atomic E-state index is 13.7. The lowest BCUT2D eigenvalue weighted by Crippen LogP contribution is -2.35. The van der Waals surface area contributed by atoms with Crippen LogP contribution in [0.4, 0.5) is 10.1 Å². The first kappa shape index (κ1) is 14.3. The second-order valence-corrected chi connectivity index (χ2v) is 6.71. The highest BCUT2D eigenvalue weighted by Crippen LogP contribution is 2.34. The SMILES string of the molecule is CCC(CC1CC1)NS(=O)(=O)c1c(N)cccc1F. The van der Waals surface area contributed by atoms with Crippen LogP contribution in [0.3, 0.4) is 0 Å². The van der Waals surface area contributed by atoms with Crippen molar-refractivity contribution in [1.29, 1.82) is 0 Å². The Hall–Kier alpha value is -1.14. The van der Waals surface area contributed by atoms with E-state index in [-0.39, 0.29) is 11.7 Å². The number of benzene rings is 1. The molecule has 0 radical (unpaired) electrons. The summed E-state index contributed by atoms with van der Waals surface area (Å²) in [5, 5.41) is 0. The van der Waals surface area contributed by atoms with Crippen molar-refractivity contribution in [2.75, 3.05) is 5.73 Å². The number of nitrogens with one attached hydrogen (secondary N) is 1. The molecule has 0 bridgehead atoms. The minimum Gasteiger partial charge on any atom is -0.398 e. The molecule has 1 aromatic carbocycles. The first-order valence-electron chi connectivity index (χ1n) is 6.50. The van der Waals surface area contributed by atoms with Crippen molar-refractivity contribution in [3.8, 4) is 0 Å². The van der Waals surface area contributed by atoms with Gasteiger partial charge in [-0.2, -0.15) is 0 Å². The molecule has 1 unspecified atom stereocenters. The van der Waals surface area contributed by atoms with Crippen LogP contribution < -0.4 is 10.5 Å². The van der Waals surface area contributed by atoms with E-state index >= 15 is 0 Å². The van der Waals surface area contributed by atoms with Crippen LogP contribution >= 0.6 is 0 Å². The van der Waals surface area contributed by atoms with Crippen LogP contribution in [-0.4, -0.2) is 14.5 Å². The highest BCUT2D eigenvalue weighted by atomic mass is 32.2. The monoisotopic (exact) mass is 286 g/mol. The van der Waals surface area contributed by atoms with E-state index in [1.807, 2.05) is 6.92 Å². The molecule has 0 amide bonds. The third kappa shape index (κ3) is 3.45. The van der Waals surface area contributed by atoms with Crippen LogP contribution in [0.25, 0.3) is 0 Å². The number of hydrogen-bond donors (Lipinski definition) is 2. The first-order chi connectivity index (χ1) is 8.94. The van der Waals surface area contributed by atoms with Gasteiger partial charge in [0.05, 0.1) is 5.69 Å². The van der Waals surface area contributed by atoms with Gasteiger partial charge >= 0.3 is 0 Å². The fourth-order valence-corrected chi connectivity index (χ4v) is 3.66. The smallest absolute Gasteiger partial charge is 0.245 e. The second kappa shape index (κ2) is 5.46. The van der Waals surface area contributed by atoms with Gasteiger partial charge in [0.25, 0.3) is 0 Å². The minimum atomic E-state index is -3.90. The van der Waals surface area contributed by atoms with Crippen LogP contribution in [0.2, 0.25) is 0 Å². The third-order valence-electron chi connectivity index (χ3n) is 3.40. The maximum Gasteiger partial charge on any atom is 0.245 e. The number of nitrogens with two attached hydrogens (primary N) is 1. The molecule has 4 nitrogen and oxygen atoms in total. The molecule has 19 heavy (non-hydrogen) atoms. The average molecular weight is 286 g/mol. The molecule has 1 atom stereocenters. The lowest BCUT2D eigenvalue weighted by Gasteiger charge is -2.17. The lowest BCUT2D eigenvalue weighted by atomic mass is 10.1. The number of nitrogen functional groups attached to an aromatic ring is 1. The van der Waals surface area contributed by atoms with Crippen LogP contribution in [0.5, 0.6) is 0 Å². The predicted octanol–water partition coefficient (Wildman–Crippen LogP) is 2.26. The van der Waals surface area contributed by atoms with Gasteiger partial charge < -0.3 is 5.73 Å². The van der Waals surface area contributed by atoms with E-state index in [2.05, 4.69) is 4.72 Å². The van der Waals surface area contributed by atoms with Gasteiger partial charge in [0.15, 0.2) is 0 Å². The molecule has 2 rings (SSSR count). The number of anilines is 1. The van der Waals surface area contributed by atoms with Crippen LogP contribution in [0.15, 0.2) is 23.1 Å². The van der Waals surface area contributed by atoms with E-state index in [1.165, 1.54) is 12.1 Å². The zero-order chi connectivity index (χ0) is 14.0. The van der Waals surface area contributed by atoms with E-state index in [0.717, 1.165) is 25.3 Å². The summed E-state index contributed by atoms with van der Waals surface area (Å²) in [6, 6.07) is 3.73. The molecule has 0 heterocycles. The molecule has 1 aliphatic carbocycles. The van der Waals surface area contributed by atoms with Crippen LogP contribution in [-0.2, 0) is 10.0 Å². The summed E-state index contributed by atoms with van der Waals surface area (Å²) in [7, 11) is -3.90. The molecule has 3 N–H and O–H groups in total. The van der Waals surface area contributed by atoms with E-state index < -0.39 is 20.7 Å². The quantitative estimate of drug-likeness (QED) is 0.788. The van der Waals surface area contributed by atoms with Crippen molar-refractivity contribution in [1.82, 2.24) is 4.72 Å². The number of sulfonamides is 1. The molecule has 106 valence electrons. The summed E-state index contributed by atoms with van der Waals surface area (Å²) in [5.41, 5.74) is 5.52. The molecule has 0 spiro atoms. The standard InChI is InChI=1S/C13H19FN2O2S/c1-2-10(8-9-6-7-9)16-19(17,18)13-11(14)4-3-5-12(13)15/h3-5,9-10,16H,2,6-8,15H2,1H3. The van der Waals surface area contributed by atoms with Crippen LogP contribution in [0.1, 0.15) is 32.6 Å². The summed E-state index contributed by atoms with van der Waals surface area (Å²) < 4.78 is 40.7. The topological polar surface area (TPSA) is 72.2 Å². The zero-order valence-electron chi connectivity index (χ0n) is 10.9. The van der Waals surface area contributed by atoms with Gasteiger partial charge in [0.2, 0.25) is 10.0 Å². The molecule has 1 fully saturated rings. The molecule has 1 aromatic rings. The maximum atomic E-state index is 13.7. The van der Waals surface area contributed by atoms with Gasteiger partial charge in [-0.1, -0.05) is 25.8 Å². The van der Waals surface area contributed by atoms with Crippen molar-refractivity contribution >= 4 is 15.7 Å². The summed E-state index contributed by atoms with van der Waals surface area (Å²) in [6.45, 7) is 1.92. The Morgan fingerprint density at radius 3 is 2.68 bits per heavy atom. The molecule has 0 saturated heterocycles. The highest BCUT2D eigenvalue weighted by Gasteiger charge is 2.29. The van der Waals surface area contributed by atoms with E-state index in [0.29, 0.717) is 12.3 Å². The Kier molecular flexibility index (Phi) is 4.10. The Labute approximate surface area is 113 Å². The largest absolute Gasteiger partial charge is 0.398 e. The van der Waals surface area contributed by atoms with E-state index in [9.17, 15) is 12.8 Å². The van der Waals surface area contributed by atoms with Gasteiger partial charge in [0.1, 0.15) is 10.7 Å². The lowest BCUT2D eigenvalue weighted by molar-refractivity contribution is 0.491. The van der Waals surface area contributed by atoms with Gasteiger partial charge in [0, 0.05) is 6.04 Å². The summed E-state index contributed by atoms with van der Waals surface area (Å²) in [6.07, 6.45) is 3.80. The Morgan fingerprint density at radius 2 is 2.16 bits per heavy atom. The Bertz CT molecular complexity index is 536. The Morgan fingerprint density at radius 1 is 1.47 bits per heavy atom. The van der Waals surface area contributed by atoms with Crippen LogP contribution in [0, 0.1) is 11.7 Å². The zero-order valence-corrected chi connectivity index (χ0v) is 11.7. The predicted molar refractivity (Wildman–Crippen MR) is 72.6 cm³/mol. The van der Waals surface area contributed by atoms with Gasteiger partial charge in [-0.25, -0.2) is 17.5 Å². The highest BCUT2D eigenvalue weighted by molar-refractivity contribution is 7.89. The fraction of sp³-hybridized carbons (Fsp3) is 0.538. The molecular weight excluding hydrogens is 267 g/mol. The van der Waals surface area contributed by atoms with Crippen molar-refractivity contribution < 1.29 is 12.8 Å². The number of rotatable bonds is 6. The third-order valence-corrected chi connectivity index (χ3v) is 5.01. The summed E-state index contributed by atoms with van der Waals surface area (Å²) in [4.78, 5) is -0.441. The minimum absolute atomic E-state index is 0.0613.